The van der Waals surface area contributed by atoms with Gasteiger partial charge in [0.15, 0.2) is 0 Å². The molecule has 0 aliphatic rings. The molecule has 8 heteroatoms. The number of unbranched alkanes of at least 4 members (excludes halogenated alkanes) is 9. The van der Waals surface area contributed by atoms with E-state index in [4.69, 9.17) is 33.8 Å². The molecule has 0 amide bonds. The number of hydrogen-bond donors (Lipinski definition) is 4. The van der Waals surface area contributed by atoms with Gasteiger partial charge < -0.3 is 29.3 Å². The molecule has 4 N–H and O–H groups in total. The largest absolute Gasteiger partial charge is 0.466 e. The molecular weight excluding hydrogens is 347 g/mol. The molecule has 0 aromatic rings. The van der Waals surface area contributed by atoms with Crippen LogP contribution in [0.4, 0.5) is 0 Å². The molecule has 25 heavy (non-hydrogen) atoms. The third kappa shape index (κ3) is 35.8. The molecule has 1 unspecified atom stereocenters. The summed E-state index contributed by atoms with van der Waals surface area (Å²) in [6.45, 7) is 6.21. The highest BCUT2D eigenvalue weighted by Gasteiger charge is 2.01. The highest BCUT2D eigenvalue weighted by molar-refractivity contribution is 7.45. The van der Waals surface area contributed by atoms with Gasteiger partial charge in [-0.2, -0.15) is 0 Å². The Morgan fingerprint density at radius 3 is 1.72 bits per heavy atom. The van der Waals surface area contributed by atoms with E-state index in [1.54, 1.807) is 0 Å². The summed E-state index contributed by atoms with van der Waals surface area (Å²) in [7, 11) is -4.64. The Labute approximate surface area is 153 Å². The summed E-state index contributed by atoms with van der Waals surface area (Å²) in [5, 5.41) is 8.62. The summed E-state index contributed by atoms with van der Waals surface area (Å²) in [5.41, 5.74) is 0. The first-order valence-electron chi connectivity index (χ1n) is 9.39. The minimum absolute atomic E-state index is 0.0861. The Hall–Kier alpha value is -0.0100. The van der Waals surface area contributed by atoms with E-state index in [-0.39, 0.29) is 12.7 Å². The SMILES string of the molecule is CCCCCCCCCCCCOCC(C)OCCO.O=P(O)(O)O. The molecule has 0 aliphatic heterocycles. The van der Waals surface area contributed by atoms with Crippen molar-refractivity contribution in [2.24, 2.45) is 0 Å². The van der Waals surface area contributed by atoms with E-state index in [1.807, 2.05) is 6.92 Å². The van der Waals surface area contributed by atoms with Crippen LogP contribution in [0.1, 0.15) is 78.1 Å². The van der Waals surface area contributed by atoms with Crippen LogP contribution in [0.3, 0.4) is 0 Å². The molecule has 0 rings (SSSR count). The van der Waals surface area contributed by atoms with E-state index in [9.17, 15) is 0 Å². The van der Waals surface area contributed by atoms with Crippen LogP contribution in [0.25, 0.3) is 0 Å². The highest BCUT2D eigenvalue weighted by Crippen LogP contribution is 2.25. The van der Waals surface area contributed by atoms with Crippen molar-refractivity contribution in [2.45, 2.75) is 84.2 Å². The third-order valence-corrected chi connectivity index (χ3v) is 3.49. The Balaban J connectivity index is 0. The van der Waals surface area contributed by atoms with E-state index >= 15 is 0 Å². The molecular formula is C17H39O7P. The van der Waals surface area contributed by atoms with Gasteiger partial charge in [0.05, 0.1) is 25.9 Å². The summed E-state index contributed by atoms with van der Waals surface area (Å²) in [4.78, 5) is 21.6. The lowest BCUT2D eigenvalue weighted by molar-refractivity contribution is -0.0189. The highest BCUT2D eigenvalue weighted by atomic mass is 31.2. The number of aliphatic hydroxyl groups is 1. The van der Waals surface area contributed by atoms with Crippen molar-refractivity contribution in [3.05, 3.63) is 0 Å². The zero-order valence-corrected chi connectivity index (χ0v) is 16.8. The minimum atomic E-state index is -4.64. The number of phosphoric acid groups is 1. The van der Waals surface area contributed by atoms with Crippen molar-refractivity contribution in [3.8, 4) is 0 Å². The van der Waals surface area contributed by atoms with Gasteiger partial charge in [-0.3, -0.25) is 0 Å². The second-order valence-electron chi connectivity index (χ2n) is 6.18. The lowest BCUT2D eigenvalue weighted by Gasteiger charge is -2.12. The van der Waals surface area contributed by atoms with Crippen LogP contribution in [0.2, 0.25) is 0 Å². The number of aliphatic hydroxyl groups excluding tert-OH is 1. The Morgan fingerprint density at radius 1 is 0.840 bits per heavy atom. The molecule has 0 heterocycles. The molecule has 0 aromatic heterocycles. The molecule has 0 radical (unpaired) electrons. The molecule has 7 nitrogen and oxygen atoms in total. The molecule has 0 saturated heterocycles. The number of rotatable bonds is 16. The predicted molar refractivity (Wildman–Crippen MR) is 99.4 cm³/mol. The average Bonchev–Trinajstić information content (AvgIpc) is 2.52. The van der Waals surface area contributed by atoms with E-state index in [0.717, 1.165) is 13.0 Å². The summed E-state index contributed by atoms with van der Waals surface area (Å²) >= 11 is 0. The van der Waals surface area contributed by atoms with Crippen LogP contribution in [0.15, 0.2) is 0 Å². The fraction of sp³-hybridized carbons (Fsp3) is 1.00. The normalized spacial score (nSPS) is 12.6. The Bertz CT molecular complexity index is 288. The maximum atomic E-state index is 8.88. The maximum Gasteiger partial charge on any atom is 0.466 e. The van der Waals surface area contributed by atoms with Crippen molar-refractivity contribution in [3.63, 3.8) is 0 Å². The first-order chi connectivity index (χ1) is 11.8. The van der Waals surface area contributed by atoms with Gasteiger partial charge in [0, 0.05) is 6.61 Å². The minimum Gasteiger partial charge on any atom is -0.394 e. The summed E-state index contributed by atoms with van der Waals surface area (Å²) in [5.74, 6) is 0. The van der Waals surface area contributed by atoms with Gasteiger partial charge in [-0.05, 0) is 13.3 Å². The molecule has 0 bridgehead atoms. The molecule has 0 saturated carbocycles. The lowest BCUT2D eigenvalue weighted by Crippen LogP contribution is -2.18. The fourth-order valence-corrected chi connectivity index (χ4v) is 2.24. The van der Waals surface area contributed by atoms with Crippen LogP contribution in [-0.2, 0) is 14.0 Å². The molecule has 0 aliphatic carbocycles. The van der Waals surface area contributed by atoms with Gasteiger partial charge in [0.1, 0.15) is 0 Å². The zero-order valence-electron chi connectivity index (χ0n) is 15.9. The van der Waals surface area contributed by atoms with Gasteiger partial charge in [-0.25, -0.2) is 4.57 Å². The van der Waals surface area contributed by atoms with E-state index in [1.165, 1.54) is 57.8 Å². The molecule has 1 atom stereocenters. The lowest BCUT2D eigenvalue weighted by atomic mass is 10.1. The summed E-state index contributed by atoms with van der Waals surface area (Å²) in [6.07, 6.45) is 13.6. The van der Waals surface area contributed by atoms with Crippen LogP contribution >= 0.6 is 7.82 Å². The third-order valence-electron chi connectivity index (χ3n) is 3.49. The molecule has 0 spiro atoms. The first kappa shape index (κ1) is 27.2. The van der Waals surface area contributed by atoms with Crippen molar-refractivity contribution in [1.82, 2.24) is 0 Å². The van der Waals surface area contributed by atoms with Gasteiger partial charge in [0.2, 0.25) is 0 Å². The van der Waals surface area contributed by atoms with Crippen molar-refractivity contribution >= 4 is 7.82 Å². The quantitative estimate of drug-likeness (QED) is 0.237. The average molecular weight is 386 g/mol. The number of hydrogen-bond acceptors (Lipinski definition) is 4. The summed E-state index contributed by atoms with van der Waals surface area (Å²) < 4.78 is 19.8. The number of ether oxygens (including phenoxy) is 2. The van der Waals surface area contributed by atoms with Crippen molar-refractivity contribution < 1.29 is 33.8 Å². The fourth-order valence-electron chi connectivity index (χ4n) is 2.24. The summed E-state index contributed by atoms with van der Waals surface area (Å²) in [6, 6.07) is 0. The van der Waals surface area contributed by atoms with E-state index < -0.39 is 7.82 Å². The second kappa shape index (κ2) is 20.3. The van der Waals surface area contributed by atoms with Gasteiger partial charge in [-0.1, -0.05) is 64.7 Å². The Morgan fingerprint density at radius 2 is 1.28 bits per heavy atom. The monoisotopic (exact) mass is 386 g/mol. The predicted octanol–water partition coefficient (Wildman–Crippen LogP) is 3.39. The first-order valence-corrected chi connectivity index (χ1v) is 11.0. The van der Waals surface area contributed by atoms with Crippen molar-refractivity contribution in [1.29, 1.82) is 0 Å². The van der Waals surface area contributed by atoms with Crippen LogP contribution in [0.5, 0.6) is 0 Å². The molecule has 0 fully saturated rings. The van der Waals surface area contributed by atoms with Crippen LogP contribution in [0, 0.1) is 0 Å². The van der Waals surface area contributed by atoms with Gasteiger partial charge in [0.25, 0.3) is 0 Å². The van der Waals surface area contributed by atoms with Crippen LogP contribution < -0.4 is 0 Å². The van der Waals surface area contributed by atoms with E-state index in [0.29, 0.717) is 13.2 Å². The maximum absolute atomic E-state index is 8.88. The van der Waals surface area contributed by atoms with Crippen molar-refractivity contribution in [2.75, 3.05) is 26.4 Å². The van der Waals surface area contributed by atoms with Gasteiger partial charge >= 0.3 is 7.82 Å². The van der Waals surface area contributed by atoms with E-state index in [2.05, 4.69) is 6.92 Å². The second-order valence-corrected chi connectivity index (χ2v) is 7.20. The molecule has 154 valence electrons. The standard InChI is InChI=1S/C17H36O3.H3O4P/c1-3-4-5-6-7-8-9-10-11-12-14-19-16-17(2)20-15-13-18;1-5(2,3)4/h17-18H,3-16H2,1-2H3;(H3,1,2,3,4). The van der Waals surface area contributed by atoms with Gasteiger partial charge in [-0.15, -0.1) is 0 Å². The smallest absolute Gasteiger partial charge is 0.394 e. The Kier molecular flexibility index (Phi) is 22.1. The zero-order chi connectivity index (χ0) is 19.4. The van der Waals surface area contributed by atoms with Crippen LogP contribution in [-0.4, -0.2) is 52.3 Å². The molecule has 0 aromatic carbocycles. The topological polar surface area (TPSA) is 116 Å².